The number of hydrogen-bond donors (Lipinski definition) is 0. The minimum atomic E-state index is 0.297. The van der Waals surface area contributed by atoms with E-state index in [0.717, 1.165) is 52.1 Å². The average Bonchev–Trinajstić information content (AvgIpc) is 2.41. The van der Waals surface area contributed by atoms with Crippen LogP contribution in [0.2, 0.25) is 0 Å². The van der Waals surface area contributed by atoms with E-state index >= 15 is 0 Å². The van der Waals surface area contributed by atoms with Crippen LogP contribution in [0.1, 0.15) is 19.8 Å². The fourth-order valence-electron chi connectivity index (χ4n) is 2.56. The van der Waals surface area contributed by atoms with E-state index in [-0.39, 0.29) is 0 Å². The van der Waals surface area contributed by atoms with Gasteiger partial charge in [-0.2, -0.15) is 0 Å². The third kappa shape index (κ3) is 3.56. The highest BCUT2D eigenvalue weighted by atomic mass is 16.2. The van der Waals surface area contributed by atoms with Gasteiger partial charge in [-0.25, -0.2) is 0 Å². The number of carbonyl (C=O) groups is 1. The SMILES string of the molecule is CCC1=CCN(C(=O)CN2CCN(C)CC2)CC1. The van der Waals surface area contributed by atoms with Crippen LogP contribution in [0.25, 0.3) is 0 Å². The maximum absolute atomic E-state index is 12.2. The van der Waals surface area contributed by atoms with Crippen LogP contribution in [0, 0.1) is 0 Å². The molecule has 2 aliphatic heterocycles. The van der Waals surface area contributed by atoms with E-state index in [2.05, 4.69) is 29.8 Å². The number of rotatable bonds is 3. The lowest BCUT2D eigenvalue weighted by Crippen LogP contribution is -2.49. The average molecular weight is 251 g/mol. The standard InChI is InChI=1S/C14H25N3O/c1-3-13-4-6-17(7-5-13)14(18)12-16-10-8-15(2)9-11-16/h4H,3,5-12H2,1-2H3. The fourth-order valence-corrected chi connectivity index (χ4v) is 2.56. The van der Waals surface area contributed by atoms with E-state index in [4.69, 9.17) is 0 Å². The van der Waals surface area contributed by atoms with Gasteiger partial charge < -0.3 is 9.80 Å². The summed E-state index contributed by atoms with van der Waals surface area (Å²) in [4.78, 5) is 18.8. The Morgan fingerprint density at radius 1 is 1.22 bits per heavy atom. The minimum absolute atomic E-state index is 0.297. The van der Waals surface area contributed by atoms with Crippen molar-refractivity contribution in [2.45, 2.75) is 19.8 Å². The molecular formula is C14H25N3O. The summed E-state index contributed by atoms with van der Waals surface area (Å²) in [6.45, 7) is 8.71. The first-order chi connectivity index (χ1) is 8.69. The lowest BCUT2D eigenvalue weighted by molar-refractivity contribution is -0.132. The van der Waals surface area contributed by atoms with Crippen molar-refractivity contribution in [1.29, 1.82) is 0 Å². The molecule has 0 unspecified atom stereocenters. The number of amides is 1. The molecule has 4 heteroatoms. The summed E-state index contributed by atoms with van der Waals surface area (Å²) in [7, 11) is 2.14. The highest BCUT2D eigenvalue weighted by molar-refractivity contribution is 5.78. The van der Waals surface area contributed by atoms with Crippen LogP contribution in [0.15, 0.2) is 11.6 Å². The lowest BCUT2D eigenvalue weighted by atomic mass is 10.1. The molecule has 0 aliphatic carbocycles. The van der Waals surface area contributed by atoms with E-state index in [1.54, 1.807) is 0 Å². The molecule has 102 valence electrons. The van der Waals surface area contributed by atoms with Gasteiger partial charge in [-0.05, 0) is 19.9 Å². The van der Waals surface area contributed by atoms with Crippen LogP contribution >= 0.6 is 0 Å². The molecular weight excluding hydrogens is 226 g/mol. The molecule has 0 saturated carbocycles. The second-order valence-electron chi connectivity index (χ2n) is 5.39. The summed E-state index contributed by atoms with van der Waals surface area (Å²) < 4.78 is 0. The zero-order chi connectivity index (χ0) is 13.0. The van der Waals surface area contributed by atoms with Crippen LogP contribution in [-0.2, 0) is 4.79 Å². The molecule has 0 spiro atoms. The van der Waals surface area contributed by atoms with E-state index in [1.165, 1.54) is 5.57 Å². The molecule has 1 saturated heterocycles. The van der Waals surface area contributed by atoms with Crippen molar-refractivity contribution in [2.24, 2.45) is 0 Å². The van der Waals surface area contributed by atoms with Crippen molar-refractivity contribution in [3.63, 3.8) is 0 Å². The minimum Gasteiger partial charge on any atom is -0.338 e. The Kier molecular flexibility index (Phi) is 4.78. The summed E-state index contributed by atoms with van der Waals surface area (Å²) in [5.74, 6) is 0.297. The molecule has 0 aromatic carbocycles. The zero-order valence-electron chi connectivity index (χ0n) is 11.7. The predicted molar refractivity (Wildman–Crippen MR) is 73.5 cm³/mol. The highest BCUT2D eigenvalue weighted by Gasteiger charge is 2.21. The van der Waals surface area contributed by atoms with Crippen LogP contribution in [0.5, 0.6) is 0 Å². The fraction of sp³-hybridized carbons (Fsp3) is 0.786. The van der Waals surface area contributed by atoms with Crippen molar-refractivity contribution in [2.75, 3.05) is 52.9 Å². The summed E-state index contributed by atoms with van der Waals surface area (Å²) in [5.41, 5.74) is 1.50. The second kappa shape index (κ2) is 6.34. The van der Waals surface area contributed by atoms with Gasteiger partial charge in [-0.1, -0.05) is 18.6 Å². The van der Waals surface area contributed by atoms with Gasteiger partial charge in [0, 0.05) is 39.3 Å². The van der Waals surface area contributed by atoms with E-state index in [9.17, 15) is 4.79 Å². The van der Waals surface area contributed by atoms with Crippen molar-refractivity contribution < 1.29 is 4.79 Å². The third-order valence-corrected chi connectivity index (χ3v) is 4.06. The van der Waals surface area contributed by atoms with Crippen molar-refractivity contribution in [3.8, 4) is 0 Å². The first-order valence-corrected chi connectivity index (χ1v) is 7.05. The number of nitrogens with zero attached hydrogens (tertiary/aromatic N) is 3. The van der Waals surface area contributed by atoms with Gasteiger partial charge in [0.15, 0.2) is 0 Å². The molecule has 0 radical (unpaired) electrons. The Balaban J connectivity index is 1.77. The molecule has 0 aromatic heterocycles. The smallest absolute Gasteiger partial charge is 0.237 e. The van der Waals surface area contributed by atoms with Crippen LogP contribution in [0.3, 0.4) is 0 Å². The van der Waals surface area contributed by atoms with Gasteiger partial charge in [0.25, 0.3) is 0 Å². The Labute approximate surface area is 110 Å². The summed E-state index contributed by atoms with van der Waals surface area (Å²) in [6.07, 6.45) is 4.41. The topological polar surface area (TPSA) is 26.8 Å². The van der Waals surface area contributed by atoms with E-state index < -0.39 is 0 Å². The van der Waals surface area contributed by atoms with E-state index in [0.29, 0.717) is 12.5 Å². The van der Waals surface area contributed by atoms with Gasteiger partial charge >= 0.3 is 0 Å². The molecule has 0 atom stereocenters. The molecule has 1 amide bonds. The normalized spacial score (nSPS) is 23.0. The maximum Gasteiger partial charge on any atom is 0.237 e. The van der Waals surface area contributed by atoms with Crippen LogP contribution in [0.4, 0.5) is 0 Å². The molecule has 18 heavy (non-hydrogen) atoms. The Morgan fingerprint density at radius 3 is 2.50 bits per heavy atom. The molecule has 0 bridgehead atoms. The monoisotopic (exact) mass is 251 g/mol. The van der Waals surface area contributed by atoms with Crippen molar-refractivity contribution in [1.82, 2.24) is 14.7 Å². The Morgan fingerprint density at radius 2 is 1.94 bits per heavy atom. The predicted octanol–water partition coefficient (Wildman–Crippen LogP) is 0.803. The Bertz CT molecular complexity index is 319. The highest BCUT2D eigenvalue weighted by Crippen LogP contribution is 2.14. The number of hydrogen-bond acceptors (Lipinski definition) is 3. The van der Waals surface area contributed by atoms with Gasteiger partial charge in [0.2, 0.25) is 5.91 Å². The zero-order valence-corrected chi connectivity index (χ0v) is 11.7. The molecule has 2 rings (SSSR count). The maximum atomic E-state index is 12.2. The number of carbonyl (C=O) groups excluding carboxylic acids is 1. The summed E-state index contributed by atoms with van der Waals surface area (Å²) >= 11 is 0. The second-order valence-corrected chi connectivity index (χ2v) is 5.39. The number of piperazine rings is 1. The van der Waals surface area contributed by atoms with Crippen molar-refractivity contribution >= 4 is 5.91 Å². The third-order valence-electron chi connectivity index (χ3n) is 4.06. The lowest BCUT2D eigenvalue weighted by Gasteiger charge is -2.34. The molecule has 2 heterocycles. The molecule has 0 N–H and O–H groups in total. The van der Waals surface area contributed by atoms with Crippen LogP contribution < -0.4 is 0 Å². The quantitative estimate of drug-likeness (QED) is 0.694. The van der Waals surface area contributed by atoms with Crippen LogP contribution in [-0.4, -0.2) is 73.5 Å². The van der Waals surface area contributed by atoms with Gasteiger partial charge in [-0.3, -0.25) is 9.69 Å². The van der Waals surface area contributed by atoms with Gasteiger partial charge in [0.1, 0.15) is 0 Å². The molecule has 2 aliphatic rings. The van der Waals surface area contributed by atoms with Gasteiger partial charge in [-0.15, -0.1) is 0 Å². The molecule has 4 nitrogen and oxygen atoms in total. The van der Waals surface area contributed by atoms with Gasteiger partial charge in [0.05, 0.1) is 6.54 Å². The Hall–Kier alpha value is -0.870. The first-order valence-electron chi connectivity index (χ1n) is 7.05. The number of likely N-dealkylation sites (N-methyl/N-ethyl adjacent to an activating group) is 1. The van der Waals surface area contributed by atoms with Crippen molar-refractivity contribution in [3.05, 3.63) is 11.6 Å². The molecule has 0 aromatic rings. The molecule has 1 fully saturated rings. The summed E-state index contributed by atoms with van der Waals surface area (Å²) in [6, 6.07) is 0. The first kappa shape index (κ1) is 13.6. The largest absolute Gasteiger partial charge is 0.338 e. The van der Waals surface area contributed by atoms with E-state index in [1.807, 2.05) is 4.90 Å². The summed E-state index contributed by atoms with van der Waals surface area (Å²) in [5, 5.41) is 0.